The van der Waals surface area contributed by atoms with Gasteiger partial charge in [0.25, 0.3) is 0 Å². The number of guanidine groups is 1. The van der Waals surface area contributed by atoms with E-state index in [1.54, 1.807) is 22.9 Å². The molecule has 2 heterocycles. The molecule has 0 spiro atoms. The average molecular weight is 415 g/mol. The molecule has 0 saturated carbocycles. The summed E-state index contributed by atoms with van der Waals surface area (Å²) in [6, 6.07) is 7.48. The number of carbonyl (C=O) groups excluding carboxylic acids is 1. The molecule has 1 atom stereocenters. The van der Waals surface area contributed by atoms with Gasteiger partial charge in [0.1, 0.15) is 24.1 Å². The predicted molar refractivity (Wildman–Crippen MR) is 116 cm³/mol. The van der Waals surface area contributed by atoms with Gasteiger partial charge in [0.2, 0.25) is 5.91 Å². The second-order valence-corrected chi connectivity index (χ2v) is 7.14. The van der Waals surface area contributed by atoms with Gasteiger partial charge in [-0.15, -0.1) is 0 Å². The molecule has 0 radical (unpaired) electrons. The number of hydrogen-bond acceptors (Lipinski definition) is 5. The lowest BCUT2D eigenvalue weighted by Gasteiger charge is -2.35. The number of ether oxygens (including phenoxy) is 2. The number of nitrogens with zero attached hydrogens (tertiary/aromatic N) is 5. The number of methoxy groups -OCH3 is 1. The zero-order chi connectivity index (χ0) is 21.5. The maximum Gasteiger partial charge on any atom is 0.246 e. The van der Waals surface area contributed by atoms with E-state index in [9.17, 15) is 4.79 Å². The second kappa shape index (κ2) is 10.00. The molecule has 1 saturated heterocycles. The highest BCUT2D eigenvalue weighted by molar-refractivity contribution is 5.98. The van der Waals surface area contributed by atoms with Gasteiger partial charge in [0.05, 0.1) is 25.5 Å². The minimum Gasteiger partial charge on any atom is -0.497 e. The number of anilines is 1. The van der Waals surface area contributed by atoms with Gasteiger partial charge in [-0.05, 0) is 38.1 Å². The Morgan fingerprint density at radius 1 is 1.27 bits per heavy atom. The Balaban J connectivity index is 1.59. The molecule has 9 nitrogen and oxygen atoms in total. The Morgan fingerprint density at radius 3 is 2.60 bits per heavy atom. The minimum absolute atomic E-state index is 0.0300. The average Bonchev–Trinajstić information content (AvgIpc) is 3.17. The van der Waals surface area contributed by atoms with E-state index in [2.05, 4.69) is 10.4 Å². The van der Waals surface area contributed by atoms with Crippen molar-refractivity contribution in [3.63, 3.8) is 0 Å². The van der Waals surface area contributed by atoms with Crippen molar-refractivity contribution in [2.45, 2.75) is 20.0 Å². The van der Waals surface area contributed by atoms with Crippen LogP contribution in [-0.4, -0.2) is 72.5 Å². The van der Waals surface area contributed by atoms with E-state index >= 15 is 0 Å². The zero-order valence-corrected chi connectivity index (χ0v) is 18.0. The van der Waals surface area contributed by atoms with Gasteiger partial charge in [-0.1, -0.05) is 0 Å². The van der Waals surface area contributed by atoms with Crippen molar-refractivity contribution in [1.29, 1.82) is 0 Å². The van der Waals surface area contributed by atoms with Gasteiger partial charge in [-0.2, -0.15) is 5.10 Å². The first kappa shape index (κ1) is 21.5. The molecule has 162 valence electrons. The molecular weight excluding hydrogens is 384 g/mol. The lowest BCUT2D eigenvalue weighted by Crippen LogP contribution is -2.55. The molecule has 9 heteroatoms. The number of aliphatic imine (C=N–C) groups is 1. The molecule has 1 aliphatic heterocycles. The van der Waals surface area contributed by atoms with Gasteiger partial charge in [-0.3, -0.25) is 9.48 Å². The SMILES string of the molecule is CCNC(=NCC(C)Oc1ccc(OC)cc1)N1CCN(c2cnn(C)c2)C(=O)C1. The van der Waals surface area contributed by atoms with Crippen LogP contribution < -0.4 is 19.7 Å². The molecule has 1 aromatic carbocycles. The maximum absolute atomic E-state index is 12.7. The number of aryl methyl sites for hydroxylation is 1. The Labute approximate surface area is 177 Å². The minimum atomic E-state index is -0.112. The molecule has 1 fully saturated rings. The summed E-state index contributed by atoms with van der Waals surface area (Å²) in [5, 5.41) is 7.44. The summed E-state index contributed by atoms with van der Waals surface area (Å²) in [5.74, 6) is 2.31. The summed E-state index contributed by atoms with van der Waals surface area (Å²) >= 11 is 0. The first-order chi connectivity index (χ1) is 14.5. The van der Waals surface area contributed by atoms with Crippen LogP contribution in [0.4, 0.5) is 5.69 Å². The van der Waals surface area contributed by atoms with Crippen LogP contribution in [0.1, 0.15) is 13.8 Å². The van der Waals surface area contributed by atoms with E-state index in [-0.39, 0.29) is 18.6 Å². The van der Waals surface area contributed by atoms with Gasteiger partial charge in [0.15, 0.2) is 5.96 Å². The fraction of sp³-hybridized carbons (Fsp3) is 0.476. The monoisotopic (exact) mass is 414 g/mol. The van der Waals surface area contributed by atoms with Gasteiger partial charge in [-0.25, -0.2) is 4.99 Å². The van der Waals surface area contributed by atoms with E-state index in [1.807, 2.05) is 56.3 Å². The molecule has 1 aliphatic rings. The number of nitrogens with one attached hydrogen (secondary N) is 1. The third kappa shape index (κ3) is 5.43. The zero-order valence-electron chi connectivity index (χ0n) is 18.0. The van der Waals surface area contributed by atoms with E-state index in [4.69, 9.17) is 14.5 Å². The van der Waals surface area contributed by atoms with E-state index < -0.39 is 0 Å². The Kier molecular flexibility index (Phi) is 7.16. The van der Waals surface area contributed by atoms with Crippen molar-refractivity contribution in [3.05, 3.63) is 36.7 Å². The molecule has 1 N–H and O–H groups in total. The number of amides is 1. The molecule has 3 rings (SSSR count). The van der Waals surface area contributed by atoms with Crippen LogP contribution in [0.3, 0.4) is 0 Å². The molecule has 0 bridgehead atoms. The summed E-state index contributed by atoms with van der Waals surface area (Å²) in [7, 11) is 3.48. The van der Waals surface area contributed by atoms with E-state index in [0.717, 1.165) is 29.7 Å². The topological polar surface area (TPSA) is 84.2 Å². The fourth-order valence-electron chi connectivity index (χ4n) is 3.24. The van der Waals surface area contributed by atoms with Crippen molar-refractivity contribution >= 4 is 17.6 Å². The van der Waals surface area contributed by atoms with Crippen molar-refractivity contribution in [2.75, 3.05) is 44.7 Å². The van der Waals surface area contributed by atoms with Crippen LogP contribution in [0.25, 0.3) is 0 Å². The van der Waals surface area contributed by atoms with Crippen LogP contribution >= 0.6 is 0 Å². The van der Waals surface area contributed by atoms with Crippen LogP contribution in [0.2, 0.25) is 0 Å². The highest BCUT2D eigenvalue weighted by atomic mass is 16.5. The predicted octanol–water partition coefficient (Wildman–Crippen LogP) is 1.51. The molecule has 1 amide bonds. The van der Waals surface area contributed by atoms with Gasteiger partial charge < -0.3 is 24.6 Å². The Hall–Kier alpha value is -3.23. The van der Waals surface area contributed by atoms with Crippen molar-refractivity contribution in [2.24, 2.45) is 12.0 Å². The number of rotatable bonds is 7. The number of aromatic nitrogens is 2. The maximum atomic E-state index is 12.7. The standard InChI is InChI=1S/C21H30N6O3/c1-5-22-21(23-12-16(2)30-19-8-6-18(29-4)7-9-19)26-10-11-27(20(28)15-26)17-13-24-25(3)14-17/h6-9,13-14,16H,5,10-12,15H2,1-4H3,(H,22,23). The first-order valence-electron chi connectivity index (χ1n) is 10.1. The van der Waals surface area contributed by atoms with Crippen LogP contribution in [0, 0.1) is 0 Å². The van der Waals surface area contributed by atoms with Crippen molar-refractivity contribution in [1.82, 2.24) is 20.0 Å². The quantitative estimate of drug-likeness (QED) is 0.546. The number of carbonyl (C=O) groups is 1. The molecule has 2 aromatic rings. The summed E-state index contributed by atoms with van der Waals surface area (Å²) in [5.41, 5.74) is 0.825. The largest absolute Gasteiger partial charge is 0.497 e. The second-order valence-electron chi connectivity index (χ2n) is 7.14. The molecule has 1 aromatic heterocycles. The first-order valence-corrected chi connectivity index (χ1v) is 10.1. The summed E-state index contributed by atoms with van der Waals surface area (Å²) in [6.07, 6.45) is 3.45. The number of piperazine rings is 1. The van der Waals surface area contributed by atoms with Crippen molar-refractivity contribution in [3.8, 4) is 11.5 Å². The third-order valence-corrected chi connectivity index (χ3v) is 4.75. The summed E-state index contributed by atoms with van der Waals surface area (Å²) in [4.78, 5) is 21.1. The summed E-state index contributed by atoms with van der Waals surface area (Å²) in [6.45, 7) is 6.75. The number of benzene rings is 1. The Bertz CT molecular complexity index is 864. The van der Waals surface area contributed by atoms with Crippen LogP contribution in [0.15, 0.2) is 41.7 Å². The highest BCUT2D eigenvalue weighted by Crippen LogP contribution is 2.19. The van der Waals surface area contributed by atoms with Crippen LogP contribution in [0.5, 0.6) is 11.5 Å². The molecule has 30 heavy (non-hydrogen) atoms. The lowest BCUT2D eigenvalue weighted by atomic mass is 10.3. The Morgan fingerprint density at radius 2 is 2.00 bits per heavy atom. The van der Waals surface area contributed by atoms with E-state index in [1.165, 1.54) is 0 Å². The van der Waals surface area contributed by atoms with Crippen molar-refractivity contribution < 1.29 is 14.3 Å². The number of hydrogen-bond donors (Lipinski definition) is 1. The molecule has 1 unspecified atom stereocenters. The van der Waals surface area contributed by atoms with E-state index in [0.29, 0.717) is 19.6 Å². The highest BCUT2D eigenvalue weighted by Gasteiger charge is 2.27. The molecule has 0 aliphatic carbocycles. The van der Waals surface area contributed by atoms with Gasteiger partial charge in [0, 0.05) is 32.9 Å². The molecular formula is C21H30N6O3. The van der Waals surface area contributed by atoms with Crippen LogP contribution in [-0.2, 0) is 11.8 Å². The fourth-order valence-corrected chi connectivity index (χ4v) is 3.24. The normalized spacial score (nSPS) is 15.9. The van der Waals surface area contributed by atoms with Gasteiger partial charge >= 0.3 is 0 Å². The smallest absolute Gasteiger partial charge is 0.246 e. The lowest BCUT2D eigenvalue weighted by molar-refractivity contribution is -0.120. The third-order valence-electron chi connectivity index (χ3n) is 4.75. The summed E-state index contributed by atoms with van der Waals surface area (Å²) < 4.78 is 12.8.